The van der Waals surface area contributed by atoms with E-state index in [-0.39, 0.29) is 19.3 Å². The zero-order valence-corrected chi connectivity index (χ0v) is 20.2. The second-order valence-corrected chi connectivity index (χ2v) is 9.55. The predicted molar refractivity (Wildman–Crippen MR) is 120 cm³/mol. The summed E-state index contributed by atoms with van der Waals surface area (Å²) in [6.07, 6.45) is -13.4. The van der Waals surface area contributed by atoms with Crippen molar-refractivity contribution in [3.63, 3.8) is 0 Å². The van der Waals surface area contributed by atoms with Crippen LogP contribution in [-0.2, 0) is 29.9 Å². The van der Waals surface area contributed by atoms with Crippen molar-refractivity contribution in [3.05, 3.63) is 70.3 Å². The van der Waals surface area contributed by atoms with Crippen LogP contribution in [0.5, 0.6) is 0 Å². The molecule has 1 heterocycles. The van der Waals surface area contributed by atoms with Crippen molar-refractivity contribution in [2.45, 2.75) is 76.2 Å². The van der Waals surface area contributed by atoms with Crippen LogP contribution in [0, 0.1) is 5.92 Å². The van der Waals surface area contributed by atoms with Crippen molar-refractivity contribution in [3.8, 4) is 0 Å². The molecule has 0 unspecified atom stereocenters. The molecule has 3 nitrogen and oxygen atoms in total. The fourth-order valence-corrected chi connectivity index (χ4v) is 5.19. The van der Waals surface area contributed by atoms with Crippen LogP contribution in [0.2, 0.25) is 0 Å². The molecule has 3 atom stereocenters. The number of nitrogens with zero attached hydrogens (tertiary/aromatic N) is 1. The Labute approximate surface area is 213 Å². The average molecular weight is 555 g/mol. The van der Waals surface area contributed by atoms with Crippen LogP contribution in [0.1, 0.15) is 72.9 Å². The lowest BCUT2D eigenvalue weighted by Crippen LogP contribution is -2.45. The van der Waals surface area contributed by atoms with Crippen molar-refractivity contribution < 1.29 is 49.4 Å². The van der Waals surface area contributed by atoms with Gasteiger partial charge in [-0.2, -0.15) is 39.5 Å². The summed E-state index contributed by atoms with van der Waals surface area (Å²) in [5.41, 5.74) is -3.72. The fourth-order valence-electron chi connectivity index (χ4n) is 5.19. The van der Waals surface area contributed by atoms with Gasteiger partial charge >= 0.3 is 24.5 Å². The summed E-state index contributed by atoms with van der Waals surface area (Å²) in [5, 5.41) is 9.33. The van der Waals surface area contributed by atoms with Gasteiger partial charge in [-0.1, -0.05) is 25.5 Å². The molecule has 0 radical (unpaired) electrons. The van der Waals surface area contributed by atoms with E-state index in [9.17, 15) is 49.4 Å². The molecule has 0 aromatic heterocycles. The first-order valence-electron chi connectivity index (χ1n) is 11.9. The minimum atomic E-state index is -4.94. The summed E-state index contributed by atoms with van der Waals surface area (Å²) in [5.74, 6) is -1.52. The molecule has 1 N–H and O–H groups in total. The molecule has 1 aliphatic heterocycles. The van der Waals surface area contributed by atoms with Crippen LogP contribution >= 0.6 is 0 Å². The monoisotopic (exact) mass is 555 g/mol. The average Bonchev–Trinajstić information content (AvgIpc) is 2.78. The Morgan fingerprint density at radius 3 is 1.95 bits per heavy atom. The van der Waals surface area contributed by atoms with E-state index in [2.05, 4.69) is 0 Å². The highest BCUT2D eigenvalue weighted by Gasteiger charge is 2.41. The van der Waals surface area contributed by atoms with Crippen LogP contribution < -0.4 is 0 Å². The summed E-state index contributed by atoms with van der Waals surface area (Å²) < 4.78 is 121. The van der Waals surface area contributed by atoms with E-state index in [4.69, 9.17) is 0 Å². The summed E-state index contributed by atoms with van der Waals surface area (Å²) in [4.78, 5) is 13.0. The standard InChI is InChI=1S/C26H26F9NO2/c1-2-3-20-10-15(12-23(37)38)11-22(16-4-6-18(7-5-16)24(27,28)29)36(20)14-17-13-19(25(30,31)32)8-9-21(17)26(33,34)35/h4-9,13,15,20,22H,2-3,10-12,14H2,1H3,(H,37,38)/t15-,20-,22+/m0/s1. The topological polar surface area (TPSA) is 40.5 Å². The van der Waals surface area contributed by atoms with Crippen LogP contribution in [0.25, 0.3) is 0 Å². The molecular formula is C26H26F9NO2. The number of carboxylic acids is 1. The first-order valence-corrected chi connectivity index (χ1v) is 11.9. The van der Waals surface area contributed by atoms with Crippen LogP contribution in [0.15, 0.2) is 42.5 Å². The van der Waals surface area contributed by atoms with Crippen LogP contribution in [0.3, 0.4) is 0 Å². The Morgan fingerprint density at radius 1 is 0.868 bits per heavy atom. The number of benzene rings is 2. The predicted octanol–water partition coefficient (Wildman–Crippen LogP) is 8.34. The maximum Gasteiger partial charge on any atom is 0.416 e. The smallest absolute Gasteiger partial charge is 0.416 e. The van der Waals surface area contributed by atoms with Gasteiger partial charge in [0.25, 0.3) is 0 Å². The maximum atomic E-state index is 13.8. The minimum absolute atomic E-state index is 0.109. The molecule has 0 amide bonds. The quantitative estimate of drug-likeness (QED) is 0.349. The van der Waals surface area contributed by atoms with Crippen molar-refractivity contribution >= 4 is 5.97 Å². The van der Waals surface area contributed by atoms with Gasteiger partial charge in [0.15, 0.2) is 0 Å². The van der Waals surface area contributed by atoms with Crippen molar-refractivity contribution in [1.29, 1.82) is 0 Å². The number of aliphatic carboxylic acids is 1. The van der Waals surface area contributed by atoms with Crippen molar-refractivity contribution in [2.24, 2.45) is 5.92 Å². The highest BCUT2D eigenvalue weighted by Crippen LogP contribution is 2.44. The van der Waals surface area contributed by atoms with Gasteiger partial charge in [0.05, 0.1) is 16.7 Å². The largest absolute Gasteiger partial charge is 0.481 e. The zero-order chi connectivity index (χ0) is 28.5. The first kappa shape index (κ1) is 29.8. The lowest BCUT2D eigenvalue weighted by atomic mass is 9.79. The van der Waals surface area contributed by atoms with Gasteiger partial charge in [0.2, 0.25) is 0 Å². The minimum Gasteiger partial charge on any atom is -0.481 e. The maximum absolute atomic E-state index is 13.8. The van der Waals surface area contributed by atoms with Crippen LogP contribution in [-0.4, -0.2) is 22.0 Å². The number of hydrogen-bond donors (Lipinski definition) is 1. The molecule has 0 saturated carbocycles. The molecule has 0 aliphatic carbocycles. The number of carboxylic acid groups (broad SMARTS) is 1. The van der Waals surface area contributed by atoms with E-state index in [1.807, 2.05) is 0 Å². The van der Waals surface area contributed by atoms with E-state index in [0.29, 0.717) is 36.6 Å². The SMILES string of the molecule is CCC[C@H]1C[C@H](CC(=O)O)C[C@H](c2ccc(C(F)(F)F)cc2)N1Cc1cc(C(F)(F)F)ccc1C(F)(F)F. The van der Waals surface area contributed by atoms with E-state index >= 15 is 0 Å². The lowest BCUT2D eigenvalue weighted by molar-refractivity contribution is -0.142. The number of halogens is 9. The molecule has 1 saturated heterocycles. The molecule has 1 aliphatic rings. The molecule has 3 rings (SSSR count). The summed E-state index contributed by atoms with van der Waals surface area (Å²) >= 11 is 0. The third-order valence-electron chi connectivity index (χ3n) is 6.83. The van der Waals surface area contributed by atoms with Gasteiger partial charge in [-0.25, -0.2) is 0 Å². The summed E-state index contributed by atoms with van der Waals surface area (Å²) in [7, 11) is 0. The third kappa shape index (κ3) is 7.21. The van der Waals surface area contributed by atoms with Gasteiger partial charge < -0.3 is 5.11 Å². The highest BCUT2D eigenvalue weighted by molar-refractivity contribution is 5.67. The highest BCUT2D eigenvalue weighted by atomic mass is 19.4. The molecular weight excluding hydrogens is 529 g/mol. The molecule has 12 heteroatoms. The Kier molecular flexibility index (Phi) is 8.74. The first-order chi connectivity index (χ1) is 17.5. The van der Waals surface area contributed by atoms with E-state index in [1.165, 1.54) is 12.1 Å². The molecule has 2 aromatic rings. The van der Waals surface area contributed by atoms with E-state index < -0.39 is 71.3 Å². The van der Waals surface area contributed by atoms with Gasteiger partial charge in [-0.15, -0.1) is 0 Å². The molecule has 0 bridgehead atoms. The number of piperidine rings is 1. The Morgan fingerprint density at radius 2 is 1.45 bits per heavy atom. The number of rotatable bonds is 7. The Hall–Kier alpha value is -2.76. The third-order valence-corrected chi connectivity index (χ3v) is 6.83. The summed E-state index contributed by atoms with van der Waals surface area (Å²) in [6.45, 7) is 1.26. The zero-order valence-electron chi connectivity index (χ0n) is 20.2. The molecule has 38 heavy (non-hydrogen) atoms. The van der Waals surface area contributed by atoms with E-state index in [0.717, 1.165) is 12.1 Å². The van der Waals surface area contributed by atoms with Crippen LogP contribution in [0.4, 0.5) is 39.5 Å². The lowest BCUT2D eigenvalue weighted by Gasteiger charge is -2.46. The van der Waals surface area contributed by atoms with Gasteiger partial charge in [-0.05, 0) is 66.6 Å². The molecule has 210 valence electrons. The summed E-state index contributed by atoms with van der Waals surface area (Å²) in [6, 6.07) is 3.93. The van der Waals surface area contributed by atoms with Gasteiger partial charge in [0, 0.05) is 25.0 Å². The normalized spacial score (nSPS) is 21.5. The second-order valence-electron chi connectivity index (χ2n) is 9.55. The van der Waals surface area contributed by atoms with Crippen molar-refractivity contribution in [2.75, 3.05) is 0 Å². The number of alkyl halides is 9. The molecule has 0 spiro atoms. The molecule has 2 aromatic carbocycles. The van der Waals surface area contributed by atoms with Gasteiger partial charge in [0.1, 0.15) is 0 Å². The second kappa shape index (κ2) is 11.2. The Bertz CT molecular complexity index is 1110. The van der Waals surface area contributed by atoms with Crippen molar-refractivity contribution in [1.82, 2.24) is 4.90 Å². The number of hydrogen-bond acceptors (Lipinski definition) is 2. The Balaban J connectivity index is 2.11. The number of carbonyl (C=O) groups is 1. The fraction of sp³-hybridized carbons (Fsp3) is 0.500. The number of likely N-dealkylation sites (tertiary alicyclic amines) is 1. The molecule has 1 fully saturated rings. The van der Waals surface area contributed by atoms with E-state index in [1.54, 1.807) is 11.8 Å². The van der Waals surface area contributed by atoms with Gasteiger partial charge in [-0.3, -0.25) is 9.69 Å².